The number of carbonyl (C=O) groups excluding carboxylic acids is 1. The van der Waals surface area contributed by atoms with Crippen molar-refractivity contribution in [2.24, 2.45) is 5.92 Å². The molecule has 0 N–H and O–H groups in total. The maximum Gasteiger partial charge on any atom is 0.180 e. The molecule has 1 aliphatic carbocycles. The van der Waals surface area contributed by atoms with Crippen LogP contribution in [-0.2, 0) is 16.4 Å². The minimum Gasteiger partial charge on any atom is -0.351 e. The summed E-state index contributed by atoms with van der Waals surface area (Å²) in [7, 11) is -3.35. The van der Waals surface area contributed by atoms with Crippen LogP contribution in [0.3, 0.4) is 0 Å². The quantitative estimate of drug-likeness (QED) is 0.522. The predicted octanol–water partition coefficient (Wildman–Crippen LogP) is 5.10. The maximum atomic E-state index is 13.6. The van der Waals surface area contributed by atoms with Gasteiger partial charge in [0, 0.05) is 30.0 Å². The number of fused-ring (bicyclic) bond motifs is 2. The van der Waals surface area contributed by atoms with E-state index in [-0.39, 0.29) is 17.5 Å². The molecule has 0 unspecified atom stereocenters. The molecular formula is C26H28N2O3S. The Bertz CT molecular complexity index is 1290. The van der Waals surface area contributed by atoms with Crippen molar-refractivity contribution < 1.29 is 13.2 Å². The fourth-order valence-corrected chi connectivity index (χ4v) is 6.53. The molecule has 0 amide bonds. The van der Waals surface area contributed by atoms with Crippen LogP contribution >= 0.6 is 0 Å². The molecule has 1 aliphatic heterocycles. The zero-order valence-corrected chi connectivity index (χ0v) is 19.2. The van der Waals surface area contributed by atoms with Crippen LogP contribution in [0.4, 0.5) is 5.82 Å². The first kappa shape index (κ1) is 21.1. The summed E-state index contributed by atoms with van der Waals surface area (Å²) < 4.78 is 25.6. The molecule has 5 nitrogen and oxygen atoms in total. The fraction of sp³-hybridized carbons (Fsp3) is 0.385. The van der Waals surface area contributed by atoms with Crippen molar-refractivity contribution in [2.45, 2.75) is 50.5 Å². The van der Waals surface area contributed by atoms with Crippen LogP contribution in [0.25, 0.3) is 10.9 Å². The largest absolute Gasteiger partial charge is 0.351 e. The molecule has 0 saturated heterocycles. The standard InChI is InChI=1S/C26H28N2O3S/c1-18-11-12-23-21(15-18)22(26(29)19-7-3-2-4-8-19)16-25(27-23)28-13-14-32(30,31)24-10-6-5-9-20(24)17-28/h5-6,9-12,15-16,19H,2-4,7-8,13-14,17H2,1H3. The van der Waals surface area contributed by atoms with Gasteiger partial charge in [0.2, 0.25) is 0 Å². The van der Waals surface area contributed by atoms with E-state index in [1.54, 1.807) is 12.1 Å². The molecule has 0 radical (unpaired) electrons. The number of rotatable bonds is 3. The number of carbonyl (C=O) groups is 1. The van der Waals surface area contributed by atoms with Gasteiger partial charge in [-0.3, -0.25) is 4.79 Å². The van der Waals surface area contributed by atoms with Gasteiger partial charge in [-0.2, -0.15) is 0 Å². The summed E-state index contributed by atoms with van der Waals surface area (Å²) in [5.41, 5.74) is 3.38. The minimum absolute atomic E-state index is 0.0313. The van der Waals surface area contributed by atoms with Crippen molar-refractivity contribution in [1.29, 1.82) is 0 Å². The molecule has 2 aliphatic rings. The number of Topliss-reactive ketones (excluding diaryl/α,β-unsaturated/α-hetero) is 1. The van der Waals surface area contributed by atoms with Gasteiger partial charge in [0.25, 0.3) is 0 Å². The minimum atomic E-state index is -3.35. The first-order valence-corrected chi connectivity index (χ1v) is 13.1. The van der Waals surface area contributed by atoms with Crippen molar-refractivity contribution in [2.75, 3.05) is 17.2 Å². The van der Waals surface area contributed by atoms with Crippen molar-refractivity contribution >= 4 is 32.3 Å². The number of hydrogen-bond donors (Lipinski definition) is 0. The third kappa shape index (κ3) is 3.92. The SMILES string of the molecule is Cc1ccc2nc(N3CCS(=O)(=O)c4ccccc4C3)cc(C(=O)C3CCCCC3)c2c1. The van der Waals surface area contributed by atoms with Crippen LogP contribution in [0.5, 0.6) is 0 Å². The summed E-state index contributed by atoms with van der Waals surface area (Å²) in [5.74, 6) is 0.968. The van der Waals surface area contributed by atoms with Gasteiger partial charge in [-0.1, -0.05) is 49.1 Å². The van der Waals surface area contributed by atoms with Crippen LogP contribution in [0.1, 0.15) is 53.6 Å². The van der Waals surface area contributed by atoms with Gasteiger partial charge in [-0.05, 0) is 49.6 Å². The van der Waals surface area contributed by atoms with Crippen molar-refractivity contribution in [3.8, 4) is 0 Å². The Balaban J connectivity index is 1.60. The number of anilines is 1. The van der Waals surface area contributed by atoms with Crippen LogP contribution in [-0.4, -0.2) is 31.5 Å². The number of aromatic nitrogens is 1. The molecule has 2 heterocycles. The van der Waals surface area contributed by atoms with Gasteiger partial charge in [-0.25, -0.2) is 13.4 Å². The second kappa shape index (κ2) is 8.32. The monoisotopic (exact) mass is 448 g/mol. The van der Waals surface area contributed by atoms with Crippen molar-refractivity contribution in [3.63, 3.8) is 0 Å². The van der Waals surface area contributed by atoms with E-state index in [0.29, 0.717) is 23.8 Å². The van der Waals surface area contributed by atoms with Crippen molar-refractivity contribution in [3.05, 3.63) is 65.2 Å². The van der Waals surface area contributed by atoms with E-state index in [4.69, 9.17) is 4.98 Å². The molecule has 1 aromatic heterocycles. The lowest BCUT2D eigenvalue weighted by Crippen LogP contribution is -2.27. The number of nitrogens with zero attached hydrogens (tertiary/aromatic N) is 2. The van der Waals surface area contributed by atoms with Gasteiger partial charge >= 0.3 is 0 Å². The zero-order valence-electron chi connectivity index (χ0n) is 18.4. The molecule has 0 atom stereocenters. The summed E-state index contributed by atoms with van der Waals surface area (Å²) in [5, 5.41) is 0.896. The topological polar surface area (TPSA) is 67.3 Å². The van der Waals surface area contributed by atoms with Crippen LogP contribution in [0, 0.1) is 12.8 Å². The molecular weight excluding hydrogens is 420 g/mol. The highest BCUT2D eigenvalue weighted by Gasteiger charge is 2.28. The molecule has 3 aromatic rings. The highest BCUT2D eigenvalue weighted by Crippen LogP contribution is 2.33. The van der Waals surface area contributed by atoms with E-state index in [0.717, 1.165) is 53.3 Å². The lowest BCUT2D eigenvalue weighted by atomic mass is 9.83. The number of benzene rings is 2. The molecule has 6 heteroatoms. The summed E-state index contributed by atoms with van der Waals surface area (Å²) in [6.45, 7) is 2.83. The zero-order chi connectivity index (χ0) is 22.3. The molecule has 1 fully saturated rings. The molecule has 166 valence electrons. The molecule has 2 aromatic carbocycles. The summed E-state index contributed by atoms with van der Waals surface area (Å²) >= 11 is 0. The van der Waals surface area contributed by atoms with E-state index >= 15 is 0 Å². The summed E-state index contributed by atoms with van der Waals surface area (Å²) in [4.78, 5) is 20.9. The Morgan fingerprint density at radius 1 is 1.03 bits per heavy atom. The normalized spacial score (nSPS) is 18.8. The Labute approximate surface area is 189 Å². The van der Waals surface area contributed by atoms with Gasteiger partial charge in [0.1, 0.15) is 5.82 Å². The van der Waals surface area contributed by atoms with E-state index in [1.165, 1.54) is 6.42 Å². The van der Waals surface area contributed by atoms with Gasteiger partial charge < -0.3 is 4.90 Å². The third-order valence-corrected chi connectivity index (χ3v) is 8.60. The van der Waals surface area contributed by atoms with E-state index in [9.17, 15) is 13.2 Å². The second-order valence-electron chi connectivity index (χ2n) is 9.10. The smallest absolute Gasteiger partial charge is 0.180 e. The summed E-state index contributed by atoms with van der Waals surface area (Å²) in [6, 6.07) is 15.1. The van der Waals surface area contributed by atoms with Crippen LogP contribution in [0.2, 0.25) is 0 Å². The van der Waals surface area contributed by atoms with Gasteiger partial charge in [0.05, 0.1) is 16.2 Å². The molecule has 32 heavy (non-hydrogen) atoms. The Kier molecular flexibility index (Phi) is 5.49. The lowest BCUT2D eigenvalue weighted by molar-refractivity contribution is 0.0891. The average molecular weight is 449 g/mol. The number of pyridine rings is 1. The van der Waals surface area contributed by atoms with E-state index in [1.807, 2.05) is 48.2 Å². The predicted molar refractivity (Wildman–Crippen MR) is 127 cm³/mol. The number of aryl methyl sites for hydroxylation is 1. The Morgan fingerprint density at radius 2 is 1.81 bits per heavy atom. The average Bonchev–Trinajstić information content (AvgIpc) is 2.94. The van der Waals surface area contributed by atoms with Crippen LogP contribution in [0.15, 0.2) is 53.4 Å². The number of ketones is 1. The first-order chi connectivity index (χ1) is 15.4. The molecule has 0 spiro atoms. The third-order valence-electron chi connectivity index (χ3n) is 6.81. The van der Waals surface area contributed by atoms with E-state index < -0.39 is 9.84 Å². The van der Waals surface area contributed by atoms with E-state index in [2.05, 4.69) is 0 Å². The molecule has 1 saturated carbocycles. The highest BCUT2D eigenvalue weighted by molar-refractivity contribution is 7.91. The summed E-state index contributed by atoms with van der Waals surface area (Å²) in [6.07, 6.45) is 5.29. The molecule has 5 rings (SSSR count). The van der Waals surface area contributed by atoms with Crippen LogP contribution < -0.4 is 4.90 Å². The van der Waals surface area contributed by atoms with Gasteiger partial charge in [-0.15, -0.1) is 0 Å². The van der Waals surface area contributed by atoms with Gasteiger partial charge in [0.15, 0.2) is 15.6 Å². The fourth-order valence-electron chi connectivity index (χ4n) is 5.03. The highest BCUT2D eigenvalue weighted by atomic mass is 32.2. The first-order valence-electron chi connectivity index (χ1n) is 11.4. The molecule has 0 bridgehead atoms. The lowest BCUT2D eigenvalue weighted by Gasteiger charge is -2.25. The second-order valence-corrected chi connectivity index (χ2v) is 11.2. The maximum absolute atomic E-state index is 13.6. The number of hydrogen-bond acceptors (Lipinski definition) is 5. The Morgan fingerprint density at radius 3 is 2.62 bits per heavy atom. The number of sulfone groups is 1. The Hall–Kier alpha value is -2.73. The van der Waals surface area contributed by atoms with Crippen molar-refractivity contribution in [1.82, 2.24) is 4.98 Å².